The van der Waals surface area contributed by atoms with Crippen LogP contribution in [0, 0.1) is 0 Å². The average molecular weight is 286 g/mol. The number of rotatable bonds is 2. The Hall–Kier alpha value is -0.240. The van der Waals surface area contributed by atoms with Gasteiger partial charge in [-0.15, -0.1) is 0 Å². The number of aliphatic hydroxyl groups is 1. The van der Waals surface area contributed by atoms with Gasteiger partial charge in [-0.25, -0.2) is 0 Å². The van der Waals surface area contributed by atoms with Gasteiger partial charge >= 0.3 is 0 Å². The molecule has 3 saturated heterocycles. The molecule has 3 N–H and O–H groups in total. The molecule has 0 saturated carbocycles. The number of ether oxygens (including phenoxy) is 3. The van der Waals surface area contributed by atoms with E-state index in [1.165, 1.54) is 0 Å². The molecule has 0 unspecified atom stereocenters. The highest BCUT2D eigenvalue weighted by Crippen LogP contribution is 2.42. The fourth-order valence-electron chi connectivity index (χ4n) is 3.47. The molecule has 116 valence electrons. The first-order valence-corrected chi connectivity index (χ1v) is 7.58. The van der Waals surface area contributed by atoms with Crippen LogP contribution in [0.2, 0.25) is 0 Å². The Bertz CT molecular complexity index is 357. The molecule has 3 fully saturated rings. The van der Waals surface area contributed by atoms with Gasteiger partial charge in [-0.05, 0) is 46.2 Å². The lowest BCUT2D eigenvalue weighted by molar-refractivity contribution is -0.280. The minimum atomic E-state index is -0.845. The van der Waals surface area contributed by atoms with Crippen molar-refractivity contribution in [2.75, 3.05) is 26.2 Å². The second-order valence-corrected chi connectivity index (χ2v) is 6.67. The fourth-order valence-corrected chi connectivity index (χ4v) is 3.47. The van der Waals surface area contributed by atoms with Gasteiger partial charge in [0.25, 0.3) is 0 Å². The topological polar surface area (TPSA) is 77.2 Å². The molecule has 3 aliphatic rings. The van der Waals surface area contributed by atoms with Crippen LogP contribution in [0.4, 0.5) is 0 Å². The Morgan fingerprint density at radius 1 is 1.25 bits per heavy atom. The first kappa shape index (κ1) is 14.7. The summed E-state index contributed by atoms with van der Waals surface area (Å²) in [6.45, 7) is 6.76. The molecule has 3 heterocycles. The van der Waals surface area contributed by atoms with Gasteiger partial charge in [0.15, 0.2) is 5.79 Å². The van der Waals surface area contributed by atoms with Crippen LogP contribution in [0.5, 0.6) is 0 Å². The smallest absolute Gasteiger partial charge is 0.213 e. The first-order valence-electron chi connectivity index (χ1n) is 7.58. The van der Waals surface area contributed by atoms with Crippen molar-refractivity contribution in [3.63, 3.8) is 0 Å². The number of hydrogen-bond donors (Lipinski definition) is 2. The molecule has 6 heteroatoms. The van der Waals surface area contributed by atoms with Gasteiger partial charge < -0.3 is 25.1 Å². The summed E-state index contributed by atoms with van der Waals surface area (Å²) in [6, 6.07) is 0.301. The van der Waals surface area contributed by atoms with E-state index in [-0.39, 0.29) is 0 Å². The molecule has 0 aromatic rings. The lowest BCUT2D eigenvalue weighted by Crippen LogP contribution is -2.60. The zero-order chi connectivity index (χ0) is 14.4. The quantitative estimate of drug-likeness (QED) is 0.746. The minimum Gasteiger partial charge on any atom is -0.390 e. The second kappa shape index (κ2) is 5.19. The third-order valence-corrected chi connectivity index (χ3v) is 4.45. The van der Waals surface area contributed by atoms with Crippen molar-refractivity contribution in [2.24, 2.45) is 5.73 Å². The van der Waals surface area contributed by atoms with Crippen LogP contribution in [0.25, 0.3) is 0 Å². The van der Waals surface area contributed by atoms with Gasteiger partial charge in [0.1, 0.15) is 6.10 Å². The average Bonchev–Trinajstić information content (AvgIpc) is 2.64. The minimum absolute atomic E-state index is 0.301. The van der Waals surface area contributed by atoms with Crippen LogP contribution in [0.3, 0.4) is 0 Å². The summed E-state index contributed by atoms with van der Waals surface area (Å²) in [5.41, 5.74) is 5.95. The Morgan fingerprint density at radius 2 is 1.95 bits per heavy atom. The van der Waals surface area contributed by atoms with Crippen molar-refractivity contribution in [2.45, 2.75) is 62.9 Å². The van der Waals surface area contributed by atoms with E-state index in [9.17, 15) is 5.11 Å². The molecule has 0 amide bonds. The van der Waals surface area contributed by atoms with E-state index >= 15 is 0 Å². The van der Waals surface area contributed by atoms with Crippen LogP contribution in [0.1, 0.15) is 33.1 Å². The molecule has 3 atom stereocenters. The Balaban J connectivity index is 1.73. The predicted octanol–water partition coefficient (Wildman–Crippen LogP) is 0.0385. The van der Waals surface area contributed by atoms with Crippen LogP contribution in [0.15, 0.2) is 0 Å². The third kappa shape index (κ3) is 2.73. The fraction of sp³-hybridized carbons (Fsp3) is 1.00. The highest BCUT2D eigenvalue weighted by atomic mass is 16.8. The van der Waals surface area contributed by atoms with Gasteiger partial charge in [-0.1, -0.05) is 0 Å². The highest BCUT2D eigenvalue weighted by molar-refractivity contribution is 4.98. The van der Waals surface area contributed by atoms with Crippen LogP contribution in [-0.4, -0.2) is 66.1 Å². The predicted molar refractivity (Wildman–Crippen MR) is 73.0 cm³/mol. The first-order chi connectivity index (χ1) is 9.40. The standard InChI is InChI=1S/C14H26N2O4/c1-13(2)19-12-11(17)5-8-18-14(12,20-13)9-16-6-3-10(15)4-7-16/h10-12,17H,3-9,15H2,1-2H3/t11-,12+,14+/m1/s1. The molecule has 0 aromatic carbocycles. The third-order valence-electron chi connectivity index (χ3n) is 4.45. The van der Waals surface area contributed by atoms with E-state index in [0.717, 1.165) is 25.9 Å². The summed E-state index contributed by atoms with van der Waals surface area (Å²) in [5, 5.41) is 10.2. The number of aliphatic hydroxyl groups excluding tert-OH is 1. The van der Waals surface area contributed by atoms with Gasteiger partial charge in [-0.2, -0.15) is 0 Å². The summed E-state index contributed by atoms with van der Waals surface area (Å²) in [4.78, 5) is 2.30. The van der Waals surface area contributed by atoms with Gasteiger partial charge in [0.2, 0.25) is 5.79 Å². The second-order valence-electron chi connectivity index (χ2n) is 6.67. The van der Waals surface area contributed by atoms with Crippen molar-refractivity contribution >= 4 is 0 Å². The molecule has 0 aliphatic carbocycles. The summed E-state index contributed by atoms with van der Waals surface area (Å²) < 4.78 is 17.9. The Labute approximate surface area is 120 Å². The lowest BCUT2D eigenvalue weighted by atomic mass is 9.97. The maximum absolute atomic E-state index is 10.2. The van der Waals surface area contributed by atoms with E-state index in [1.54, 1.807) is 0 Å². The molecule has 0 radical (unpaired) electrons. The van der Waals surface area contributed by atoms with Crippen molar-refractivity contribution in [1.29, 1.82) is 0 Å². The highest BCUT2D eigenvalue weighted by Gasteiger charge is 2.59. The summed E-state index contributed by atoms with van der Waals surface area (Å²) in [6.07, 6.45) is 1.64. The SMILES string of the molecule is CC1(C)O[C@H]2[C@H](O)CCO[C@@]2(CN2CCC(N)CC2)O1. The molecular weight excluding hydrogens is 260 g/mol. The number of fused-ring (bicyclic) bond motifs is 1. The van der Waals surface area contributed by atoms with Gasteiger partial charge in [0.05, 0.1) is 19.3 Å². The zero-order valence-electron chi connectivity index (χ0n) is 12.4. The Kier molecular flexibility index (Phi) is 3.81. The maximum Gasteiger partial charge on any atom is 0.213 e. The Morgan fingerprint density at radius 3 is 2.65 bits per heavy atom. The monoisotopic (exact) mass is 286 g/mol. The molecule has 20 heavy (non-hydrogen) atoms. The van der Waals surface area contributed by atoms with E-state index < -0.39 is 23.8 Å². The number of piperidine rings is 1. The number of hydrogen-bond acceptors (Lipinski definition) is 6. The van der Waals surface area contributed by atoms with Crippen molar-refractivity contribution < 1.29 is 19.3 Å². The van der Waals surface area contributed by atoms with Crippen LogP contribution < -0.4 is 5.73 Å². The molecule has 0 spiro atoms. The molecule has 3 aliphatic heterocycles. The van der Waals surface area contributed by atoms with Crippen molar-refractivity contribution in [1.82, 2.24) is 4.90 Å². The lowest BCUT2D eigenvalue weighted by Gasteiger charge is -2.43. The largest absolute Gasteiger partial charge is 0.390 e. The molecule has 0 aromatic heterocycles. The summed E-state index contributed by atoms with van der Waals surface area (Å²) in [5.74, 6) is -1.56. The van der Waals surface area contributed by atoms with E-state index in [4.69, 9.17) is 19.9 Å². The molecular formula is C14H26N2O4. The summed E-state index contributed by atoms with van der Waals surface area (Å²) >= 11 is 0. The molecule has 0 bridgehead atoms. The normalized spacial score (nSPS) is 42.6. The van der Waals surface area contributed by atoms with Crippen molar-refractivity contribution in [3.8, 4) is 0 Å². The summed E-state index contributed by atoms with van der Waals surface area (Å²) in [7, 11) is 0. The number of likely N-dealkylation sites (tertiary alicyclic amines) is 1. The van der Waals surface area contributed by atoms with E-state index in [1.807, 2.05) is 13.8 Å². The van der Waals surface area contributed by atoms with Gasteiger partial charge in [0, 0.05) is 6.04 Å². The number of nitrogens with two attached hydrogens (primary N) is 1. The van der Waals surface area contributed by atoms with Gasteiger partial charge in [-0.3, -0.25) is 4.90 Å². The molecule has 3 rings (SSSR count). The number of nitrogens with zero attached hydrogens (tertiary/aromatic N) is 1. The van der Waals surface area contributed by atoms with Crippen molar-refractivity contribution in [3.05, 3.63) is 0 Å². The van der Waals surface area contributed by atoms with E-state index in [0.29, 0.717) is 25.6 Å². The van der Waals surface area contributed by atoms with Crippen LogP contribution in [-0.2, 0) is 14.2 Å². The zero-order valence-corrected chi connectivity index (χ0v) is 12.4. The van der Waals surface area contributed by atoms with E-state index in [2.05, 4.69) is 4.90 Å². The molecule has 6 nitrogen and oxygen atoms in total. The maximum atomic E-state index is 10.2. The van der Waals surface area contributed by atoms with Crippen LogP contribution >= 0.6 is 0 Å².